The Kier molecular flexibility index (Phi) is 2.53. The fourth-order valence-corrected chi connectivity index (χ4v) is 1.93. The Labute approximate surface area is 103 Å². The predicted octanol–water partition coefficient (Wildman–Crippen LogP) is 0.275. The molecule has 3 rings (SSSR count). The molecule has 1 unspecified atom stereocenters. The molecule has 1 aromatic rings. The number of carbonyl (C=O) groups is 2. The van der Waals surface area contributed by atoms with Crippen LogP contribution in [0.5, 0.6) is 0 Å². The van der Waals surface area contributed by atoms with Crippen LogP contribution in [0.4, 0.5) is 0 Å². The minimum Gasteiger partial charge on any atom is -0.480 e. The Morgan fingerprint density at radius 3 is 2.61 bits per heavy atom. The third-order valence-corrected chi connectivity index (χ3v) is 3.32. The van der Waals surface area contributed by atoms with Crippen molar-refractivity contribution in [3.63, 3.8) is 0 Å². The van der Waals surface area contributed by atoms with Crippen LogP contribution >= 0.6 is 0 Å². The highest BCUT2D eigenvalue weighted by Gasteiger charge is 2.38. The number of hydrogen-bond acceptors (Lipinski definition) is 4. The highest BCUT2D eigenvalue weighted by atomic mass is 16.4. The minimum absolute atomic E-state index is 0.0313. The smallest absolute Gasteiger partial charge is 0.326 e. The van der Waals surface area contributed by atoms with Crippen LogP contribution in [0.15, 0.2) is 0 Å². The molecule has 7 nitrogen and oxygen atoms in total. The van der Waals surface area contributed by atoms with Gasteiger partial charge in [-0.25, -0.2) is 9.78 Å². The van der Waals surface area contributed by atoms with Gasteiger partial charge in [0, 0.05) is 5.92 Å². The van der Waals surface area contributed by atoms with E-state index >= 15 is 0 Å². The minimum atomic E-state index is -0.996. The normalized spacial score (nSPS) is 20.4. The molecule has 0 saturated heterocycles. The summed E-state index contributed by atoms with van der Waals surface area (Å²) in [6.45, 7) is 0. The summed E-state index contributed by atoms with van der Waals surface area (Å²) in [7, 11) is 0. The van der Waals surface area contributed by atoms with Gasteiger partial charge in [-0.15, -0.1) is 5.10 Å². The van der Waals surface area contributed by atoms with Crippen molar-refractivity contribution < 1.29 is 14.7 Å². The van der Waals surface area contributed by atoms with E-state index in [2.05, 4.69) is 20.5 Å². The van der Waals surface area contributed by atoms with E-state index in [1.54, 1.807) is 0 Å². The number of H-pyrrole nitrogens is 1. The van der Waals surface area contributed by atoms with Crippen LogP contribution in [-0.4, -0.2) is 38.2 Å². The Hall–Kier alpha value is -1.92. The summed E-state index contributed by atoms with van der Waals surface area (Å²) >= 11 is 0. The molecular formula is C11H14N4O3. The average Bonchev–Trinajstić information content (AvgIpc) is 3.25. The van der Waals surface area contributed by atoms with Crippen molar-refractivity contribution in [3.8, 4) is 0 Å². The molecule has 0 bridgehead atoms. The summed E-state index contributed by atoms with van der Waals surface area (Å²) in [5.74, 6) is -0.324. The van der Waals surface area contributed by atoms with Crippen molar-refractivity contribution in [3.05, 3.63) is 11.6 Å². The zero-order valence-electron chi connectivity index (χ0n) is 9.72. The van der Waals surface area contributed by atoms with Gasteiger partial charge in [-0.3, -0.25) is 9.89 Å². The van der Waals surface area contributed by atoms with E-state index in [1.165, 1.54) is 0 Å². The number of aliphatic carboxylic acids is 1. The van der Waals surface area contributed by atoms with E-state index in [0.717, 1.165) is 31.5 Å². The zero-order valence-corrected chi connectivity index (χ0v) is 9.72. The monoisotopic (exact) mass is 250 g/mol. The summed E-state index contributed by atoms with van der Waals surface area (Å²) < 4.78 is 0. The maximum absolute atomic E-state index is 11.8. The highest BCUT2D eigenvalue weighted by molar-refractivity contribution is 5.93. The molecule has 18 heavy (non-hydrogen) atoms. The van der Waals surface area contributed by atoms with E-state index in [4.69, 9.17) is 5.11 Å². The van der Waals surface area contributed by atoms with Gasteiger partial charge in [0.15, 0.2) is 0 Å². The van der Waals surface area contributed by atoms with Crippen molar-refractivity contribution >= 4 is 11.9 Å². The Balaban J connectivity index is 1.66. The second kappa shape index (κ2) is 4.08. The van der Waals surface area contributed by atoms with Gasteiger partial charge in [-0.05, 0) is 31.6 Å². The first-order chi connectivity index (χ1) is 8.65. The second-order valence-electron chi connectivity index (χ2n) is 4.95. The molecular weight excluding hydrogens is 236 g/mol. The van der Waals surface area contributed by atoms with E-state index < -0.39 is 17.9 Å². The number of rotatable bonds is 5. The van der Waals surface area contributed by atoms with Gasteiger partial charge in [0.2, 0.25) is 5.82 Å². The maximum atomic E-state index is 11.8. The molecule has 0 aliphatic heterocycles. The summed E-state index contributed by atoms with van der Waals surface area (Å²) in [6, 6.07) is -0.819. The topological polar surface area (TPSA) is 108 Å². The van der Waals surface area contributed by atoms with Gasteiger partial charge in [0.1, 0.15) is 11.9 Å². The fraction of sp³-hybridized carbons (Fsp3) is 0.636. The van der Waals surface area contributed by atoms with Gasteiger partial charge < -0.3 is 10.4 Å². The lowest BCUT2D eigenvalue weighted by molar-refractivity contribution is -0.139. The molecule has 2 fully saturated rings. The average molecular weight is 250 g/mol. The molecule has 7 heteroatoms. The first kappa shape index (κ1) is 11.2. The van der Waals surface area contributed by atoms with Crippen molar-refractivity contribution in [1.29, 1.82) is 0 Å². The van der Waals surface area contributed by atoms with E-state index in [-0.39, 0.29) is 11.7 Å². The summed E-state index contributed by atoms with van der Waals surface area (Å²) in [5, 5.41) is 18.1. The number of nitrogens with zero attached hydrogens (tertiary/aromatic N) is 2. The van der Waals surface area contributed by atoms with Gasteiger partial charge >= 0.3 is 5.97 Å². The summed E-state index contributed by atoms with van der Waals surface area (Å²) in [4.78, 5) is 26.9. The molecule has 3 N–H and O–H groups in total. The molecule has 1 aromatic heterocycles. The number of carbonyl (C=O) groups excluding carboxylic acids is 1. The van der Waals surface area contributed by atoms with Crippen LogP contribution in [-0.2, 0) is 4.79 Å². The van der Waals surface area contributed by atoms with E-state index in [9.17, 15) is 9.59 Å². The lowest BCUT2D eigenvalue weighted by atomic mass is 10.2. The number of aromatic nitrogens is 3. The molecule has 1 heterocycles. The van der Waals surface area contributed by atoms with Crippen LogP contribution in [0.3, 0.4) is 0 Å². The Morgan fingerprint density at radius 1 is 1.33 bits per heavy atom. The van der Waals surface area contributed by atoms with E-state index in [1.807, 2.05) is 0 Å². The molecule has 2 saturated carbocycles. The van der Waals surface area contributed by atoms with Crippen LogP contribution in [0.25, 0.3) is 0 Å². The fourth-order valence-electron chi connectivity index (χ4n) is 1.93. The zero-order chi connectivity index (χ0) is 12.7. The van der Waals surface area contributed by atoms with Gasteiger partial charge in [-0.2, -0.15) is 0 Å². The number of amides is 1. The van der Waals surface area contributed by atoms with E-state index in [0.29, 0.717) is 5.92 Å². The van der Waals surface area contributed by atoms with Crippen LogP contribution in [0.2, 0.25) is 0 Å². The molecule has 0 aromatic carbocycles. The molecule has 0 spiro atoms. The third-order valence-electron chi connectivity index (χ3n) is 3.32. The predicted molar refractivity (Wildman–Crippen MR) is 60.0 cm³/mol. The highest BCUT2D eigenvalue weighted by Crippen LogP contribution is 2.37. The van der Waals surface area contributed by atoms with Gasteiger partial charge in [0.25, 0.3) is 5.91 Å². The molecule has 2 aliphatic rings. The summed E-state index contributed by atoms with van der Waals surface area (Å²) in [6.07, 6.45) is 3.82. The lowest BCUT2D eigenvalue weighted by Crippen LogP contribution is -2.42. The SMILES string of the molecule is O=C(NC(C(=O)O)C1CC1)c1n[nH]c(C2CC2)n1. The first-order valence-electron chi connectivity index (χ1n) is 6.11. The van der Waals surface area contributed by atoms with Gasteiger partial charge in [-0.1, -0.05) is 0 Å². The number of hydrogen-bond donors (Lipinski definition) is 3. The van der Waals surface area contributed by atoms with Crippen LogP contribution in [0, 0.1) is 5.92 Å². The molecule has 1 amide bonds. The lowest BCUT2D eigenvalue weighted by Gasteiger charge is -2.11. The maximum Gasteiger partial charge on any atom is 0.326 e. The Bertz CT molecular complexity index is 490. The number of carboxylic acid groups (broad SMARTS) is 1. The number of carboxylic acids is 1. The van der Waals surface area contributed by atoms with Crippen molar-refractivity contribution in [1.82, 2.24) is 20.5 Å². The third kappa shape index (κ3) is 2.20. The van der Waals surface area contributed by atoms with Crippen molar-refractivity contribution in [2.24, 2.45) is 5.92 Å². The number of aromatic amines is 1. The largest absolute Gasteiger partial charge is 0.480 e. The number of nitrogens with one attached hydrogen (secondary N) is 2. The molecule has 0 radical (unpaired) electrons. The van der Waals surface area contributed by atoms with Gasteiger partial charge in [0.05, 0.1) is 0 Å². The van der Waals surface area contributed by atoms with Crippen molar-refractivity contribution in [2.45, 2.75) is 37.6 Å². The quantitative estimate of drug-likeness (QED) is 0.695. The van der Waals surface area contributed by atoms with Crippen LogP contribution < -0.4 is 5.32 Å². The molecule has 96 valence electrons. The van der Waals surface area contributed by atoms with Crippen LogP contribution in [0.1, 0.15) is 48.0 Å². The second-order valence-corrected chi connectivity index (χ2v) is 4.95. The Morgan fingerprint density at radius 2 is 2.06 bits per heavy atom. The summed E-state index contributed by atoms with van der Waals surface area (Å²) in [5.41, 5.74) is 0. The van der Waals surface area contributed by atoms with Crippen molar-refractivity contribution in [2.75, 3.05) is 0 Å². The first-order valence-corrected chi connectivity index (χ1v) is 6.11. The standard InChI is InChI=1S/C11H14N4O3/c16-10(12-7(11(17)18)5-1-2-5)9-13-8(14-15-9)6-3-4-6/h5-7H,1-4H2,(H,12,16)(H,17,18)(H,13,14,15). The molecule has 1 atom stereocenters. The molecule has 2 aliphatic carbocycles.